The van der Waals surface area contributed by atoms with Gasteiger partial charge in [0.1, 0.15) is 0 Å². The van der Waals surface area contributed by atoms with Gasteiger partial charge < -0.3 is 15.2 Å². The second-order valence-corrected chi connectivity index (χ2v) is 4.62. The molecule has 0 aromatic carbocycles. The molecule has 74 valence electrons. The molecule has 2 atom stereocenters. The van der Waals surface area contributed by atoms with E-state index in [9.17, 15) is 0 Å². The molecule has 1 aliphatic heterocycles. The monoisotopic (exact) mass is 183 g/mol. The lowest BCUT2D eigenvalue weighted by Gasteiger charge is -2.41. The van der Waals surface area contributed by atoms with E-state index >= 15 is 0 Å². The molecular weight excluding hydrogens is 166 g/mol. The predicted octanol–water partition coefficient (Wildman–Crippen LogP) is 0.877. The molecule has 0 aromatic heterocycles. The van der Waals surface area contributed by atoms with Crippen molar-refractivity contribution in [2.45, 2.75) is 37.5 Å². The van der Waals surface area contributed by atoms with Crippen LogP contribution in [0.2, 0.25) is 0 Å². The normalized spacial score (nSPS) is 47.3. The Morgan fingerprint density at radius 2 is 1.54 bits per heavy atom. The lowest BCUT2D eigenvalue weighted by Crippen LogP contribution is -2.49. The molecule has 1 heterocycles. The lowest BCUT2D eigenvalue weighted by atomic mass is 9.80. The van der Waals surface area contributed by atoms with Gasteiger partial charge >= 0.3 is 0 Å². The van der Waals surface area contributed by atoms with E-state index in [4.69, 9.17) is 15.2 Å². The van der Waals surface area contributed by atoms with Gasteiger partial charge in [-0.05, 0) is 25.7 Å². The minimum atomic E-state index is -0.199. The number of hydrogen-bond donors (Lipinski definition) is 1. The van der Waals surface area contributed by atoms with Gasteiger partial charge in [0.05, 0.1) is 13.2 Å². The fourth-order valence-electron chi connectivity index (χ4n) is 3.44. The van der Waals surface area contributed by atoms with Crippen LogP contribution in [-0.4, -0.2) is 25.0 Å². The van der Waals surface area contributed by atoms with Gasteiger partial charge in [-0.1, -0.05) is 0 Å². The topological polar surface area (TPSA) is 44.5 Å². The van der Waals surface area contributed by atoms with Crippen LogP contribution in [0.1, 0.15) is 25.7 Å². The zero-order valence-electron chi connectivity index (χ0n) is 7.87. The van der Waals surface area contributed by atoms with Crippen LogP contribution < -0.4 is 5.73 Å². The molecule has 0 unspecified atom stereocenters. The standard InChI is InChI=1S/C10H17NO2/c11-9-5-7-1-2-8(6-9)10(7)12-3-4-13-10/h7-9H,1-6,11H2/t7-,8-/m1/s1. The smallest absolute Gasteiger partial charge is 0.174 e. The molecule has 13 heavy (non-hydrogen) atoms. The summed E-state index contributed by atoms with van der Waals surface area (Å²) in [5.41, 5.74) is 6.00. The highest BCUT2D eigenvalue weighted by Gasteiger charge is 2.57. The van der Waals surface area contributed by atoms with Crippen molar-refractivity contribution in [1.82, 2.24) is 0 Å². The van der Waals surface area contributed by atoms with Crippen LogP contribution in [0, 0.1) is 11.8 Å². The first-order valence-corrected chi connectivity index (χ1v) is 5.35. The number of rotatable bonds is 0. The molecule has 3 heteroatoms. The van der Waals surface area contributed by atoms with E-state index in [0.717, 1.165) is 26.1 Å². The van der Waals surface area contributed by atoms with Crippen molar-refractivity contribution >= 4 is 0 Å². The Morgan fingerprint density at radius 1 is 1.00 bits per heavy atom. The number of hydrogen-bond acceptors (Lipinski definition) is 3. The predicted molar refractivity (Wildman–Crippen MR) is 48.1 cm³/mol. The first kappa shape index (κ1) is 8.21. The van der Waals surface area contributed by atoms with Crippen molar-refractivity contribution < 1.29 is 9.47 Å². The first-order chi connectivity index (χ1) is 6.31. The van der Waals surface area contributed by atoms with Gasteiger partial charge in [-0.25, -0.2) is 0 Å². The van der Waals surface area contributed by atoms with Gasteiger partial charge in [-0.15, -0.1) is 0 Å². The van der Waals surface area contributed by atoms with Crippen LogP contribution in [0.25, 0.3) is 0 Å². The Labute approximate surface area is 78.6 Å². The van der Waals surface area contributed by atoms with Crippen LogP contribution in [0.3, 0.4) is 0 Å². The SMILES string of the molecule is NC1C[C@H]2CC[C@H](C1)C21OCCO1. The van der Waals surface area contributed by atoms with Crippen LogP contribution >= 0.6 is 0 Å². The molecule has 3 nitrogen and oxygen atoms in total. The first-order valence-electron chi connectivity index (χ1n) is 5.35. The van der Waals surface area contributed by atoms with Crippen molar-refractivity contribution in [2.24, 2.45) is 17.6 Å². The molecule has 1 saturated heterocycles. The van der Waals surface area contributed by atoms with Gasteiger partial charge in [0, 0.05) is 17.9 Å². The molecule has 3 aliphatic rings. The van der Waals surface area contributed by atoms with Gasteiger partial charge in [0.15, 0.2) is 5.79 Å². The third kappa shape index (κ3) is 1.01. The number of nitrogens with two attached hydrogens (primary N) is 1. The second kappa shape index (κ2) is 2.69. The molecule has 0 radical (unpaired) electrons. The summed E-state index contributed by atoms with van der Waals surface area (Å²) in [5.74, 6) is 0.947. The van der Waals surface area contributed by atoms with E-state index in [-0.39, 0.29) is 5.79 Å². The average Bonchev–Trinajstić information content (AvgIpc) is 2.63. The minimum Gasteiger partial charge on any atom is -0.347 e. The summed E-state index contributed by atoms with van der Waals surface area (Å²) >= 11 is 0. The quantitative estimate of drug-likeness (QED) is 0.606. The molecule has 2 bridgehead atoms. The molecule has 1 spiro atoms. The van der Waals surface area contributed by atoms with Gasteiger partial charge in [-0.2, -0.15) is 0 Å². The summed E-state index contributed by atoms with van der Waals surface area (Å²) in [6.07, 6.45) is 4.68. The zero-order valence-corrected chi connectivity index (χ0v) is 7.87. The lowest BCUT2D eigenvalue weighted by molar-refractivity contribution is -0.224. The molecule has 0 amide bonds. The Kier molecular flexibility index (Phi) is 1.70. The molecule has 0 aromatic rings. The van der Waals surface area contributed by atoms with Crippen molar-refractivity contribution in [2.75, 3.05) is 13.2 Å². The highest BCUT2D eigenvalue weighted by Crippen LogP contribution is 2.53. The van der Waals surface area contributed by atoms with Crippen molar-refractivity contribution in [1.29, 1.82) is 0 Å². The van der Waals surface area contributed by atoms with Crippen LogP contribution in [-0.2, 0) is 9.47 Å². The van der Waals surface area contributed by atoms with E-state index in [1.54, 1.807) is 0 Å². The maximum Gasteiger partial charge on any atom is 0.174 e. The van der Waals surface area contributed by atoms with Crippen molar-refractivity contribution in [3.63, 3.8) is 0 Å². The van der Waals surface area contributed by atoms with E-state index in [1.807, 2.05) is 0 Å². The van der Waals surface area contributed by atoms with Crippen molar-refractivity contribution in [3.8, 4) is 0 Å². The van der Waals surface area contributed by atoms with E-state index in [1.165, 1.54) is 12.8 Å². The second-order valence-electron chi connectivity index (χ2n) is 4.62. The largest absolute Gasteiger partial charge is 0.347 e. The fraction of sp³-hybridized carbons (Fsp3) is 1.00. The Bertz CT molecular complexity index is 197. The van der Waals surface area contributed by atoms with Gasteiger partial charge in [0.25, 0.3) is 0 Å². The summed E-state index contributed by atoms with van der Waals surface area (Å²) < 4.78 is 11.7. The Morgan fingerprint density at radius 3 is 2.08 bits per heavy atom. The molecule has 3 fully saturated rings. The summed E-state index contributed by atoms with van der Waals surface area (Å²) in [5, 5.41) is 0. The maximum absolute atomic E-state index is 6.00. The molecular formula is C10H17NO2. The maximum atomic E-state index is 6.00. The summed E-state index contributed by atoms with van der Waals surface area (Å²) in [6.45, 7) is 1.56. The third-order valence-corrected chi connectivity index (χ3v) is 3.91. The van der Waals surface area contributed by atoms with Crippen molar-refractivity contribution in [3.05, 3.63) is 0 Å². The molecule has 2 saturated carbocycles. The van der Waals surface area contributed by atoms with E-state index < -0.39 is 0 Å². The third-order valence-electron chi connectivity index (χ3n) is 3.91. The summed E-state index contributed by atoms with van der Waals surface area (Å²) in [4.78, 5) is 0. The Balaban J connectivity index is 1.89. The molecule has 2 N–H and O–H groups in total. The fourth-order valence-corrected chi connectivity index (χ4v) is 3.44. The highest BCUT2D eigenvalue weighted by atomic mass is 16.7. The molecule has 2 aliphatic carbocycles. The summed E-state index contributed by atoms with van der Waals surface area (Å²) in [7, 11) is 0. The summed E-state index contributed by atoms with van der Waals surface area (Å²) in [6, 6.07) is 0.385. The van der Waals surface area contributed by atoms with Crippen LogP contribution in [0.5, 0.6) is 0 Å². The highest BCUT2D eigenvalue weighted by molar-refractivity contribution is 5.01. The van der Waals surface area contributed by atoms with Gasteiger partial charge in [-0.3, -0.25) is 0 Å². The minimum absolute atomic E-state index is 0.199. The molecule has 3 rings (SSSR count). The van der Waals surface area contributed by atoms with E-state index in [2.05, 4.69) is 0 Å². The number of ether oxygens (including phenoxy) is 2. The van der Waals surface area contributed by atoms with Gasteiger partial charge in [0.2, 0.25) is 0 Å². The zero-order chi connectivity index (χ0) is 8.89. The van der Waals surface area contributed by atoms with E-state index in [0.29, 0.717) is 17.9 Å². The average molecular weight is 183 g/mol. The van der Waals surface area contributed by atoms with Crippen LogP contribution in [0.15, 0.2) is 0 Å². The van der Waals surface area contributed by atoms with Crippen LogP contribution in [0.4, 0.5) is 0 Å². The Hall–Kier alpha value is -0.120.